The highest BCUT2D eigenvalue weighted by atomic mass is 19.3. The standard InChI is InChI=1S/C36H38F2N4O4/c1-3-7-31-30(22-23-10-12-24(13-11-23)28-8-5-6-9-29(28)33-40-35(44)46-41-33)34(43)42(32(4-2)39-31)25-14-16-26(17-15-25)45-27-18-20-36(37,38)21-19-27/h5-6,8-17,27,33,41H,3-4,7,18-22H2,1-2H3,(H,40,44). The van der Waals surface area contributed by atoms with Crippen molar-refractivity contribution in [2.45, 2.75) is 83.4 Å². The molecule has 2 N–H and O–H groups in total. The largest absolute Gasteiger partial charge is 0.490 e. The maximum absolute atomic E-state index is 14.2. The molecule has 1 aliphatic heterocycles. The molecule has 4 aromatic rings. The van der Waals surface area contributed by atoms with Crippen LogP contribution in [-0.4, -0.2) is 27.7 Å². The second-order valence-corrected chi connectivity index (χ2v) is 11.9. The van der Waals surface area contributed by atoms with Gasteiger partial charge in [-0.05, 0) is 65.8 Å². The van der Waals surface area contributed by atoms with Gasteiger partial charge in [-0.25, -0.2) is 18.6 Å². The Hall–Kier alpha value is -4.57. The van der Waals surface area contributed by atoms with Crippen LogP contribution >= 0.6 is 0 Å². The Balaban J connectivity index is 1.26. The molecular weight excluding hydrogens is 590 g/mol. The second kappa shape index (κ2) is 13.4. The Morgan fingerprint density at radius 3 is 2.35 bits per heavy atom. The van der Waals surface area contributed by atoms with E-state index in [9.17, 15) is 18.4 Å². The number of hydroxylamine groups is 1. The Morgan fingerprint density at radius 1 is 0.978 bits per heavy atom. The van der Waals surface area contributed by atoms with Crippen LogP contribution in [-0.2, 0) is 24.1 Å². The van der Waals surface area contributed by atoms with Crippen LogP contribution in [0, 0.1) is 0 Å². The van der Waals surface area contributed by atoms with E-state index in [4.69, 9.17) is 14.6 Å². The normalized spacial score (nSPS) is 17.8. The van der Waals surface area contributed by atoms with Crippen LogP contribution in [0.15, 0.2) is 77.6 Å². The summed E-state index contributed by atoms with van der Waals surface area (Å²) in [5, 5.41) is 2.75. The van der Waals surface area contributed by atoms with E-state index in [1.165, 1.54) is 0 Å². The minimum absolute atomic E-state index is 0.101. The number of rotatable bonds is 10. The summed E-state index contributed by atoms with van der Waals surface area (Å²) in [6.07, 6.45) is 1.65. The monoisotopic (exact) mass is 628 g/mol. The van der Waals surface area contributed by atoms with Crippen molar-refractivity contribution in [3.05, 3.63) is 111 Å². The van der Waals surface area contributed by atoms with Crippen molar-refractivity contribution in [3.8, 4) is 22.6 Å². The molecule has 8 nitrogen and oxygen atoms in total. The number of aromatic nitrogens is 2. The van der Waals surface area contributed by atoms with Gasteiger partial charge in [0.05, 0.1) is 17.5 Å². The van der Waals surface area contributed by atoms with E-state index in [0.29, 0.717) is 54.9 Å². The third kappa shape index (κ3) is 6.82. The van der Waals surface area contributed by atoms with E-state index < -0.39 is 18.2 Å². The van der Waals surface area contributed by atoms with Gasteiger partial charge in [0, 0.05) is 31.2 Å². The summed E-state index contributed by atoms with van der Waals surface area (Å²) in [6, 6.07) is 23.1. The molecule has 6 rings (SSSR count). The fourth-order valence-corrected chi connectivity index (χ4v) is 6.22. The van der Waals surface area contributed by atoms with Crippen LogP contribution in [0.25, 0.3) is 16.8 Å². The minimum atomic E-state index is -2.60. The van der Waals surface area contributed by atoms with E-state index in [2.05, 4.69) is 17.7 Å². The van der Waals surface area contributed by atoms with Crippen LogP contribution in [0.2, 0.25) is 0 Å². The first-order chi connectivity index (χ1) is 22.2. The van der Waals surface area contributed by atoms with Crippen molar-refractivity contribution in [2.75, 3.05) is 0 Å². The summed E-state index contributed by atoms with van der Waals surface area (Å²) >= 11 is 0. The topological polar surface area (TPSA) is 94.5 Å². The molecule has 46 heavy (non-hydrogen) atoms. The maximum atomic E-state index is 14.2. The number of hydrogen-bond acceptors (Lipinski definition) is 6. The zero-order valence-electron chi connectivity index (χ0n) is 26.0. The number of alkyl halides is 2. The number of carbonyl (C=O) groups excluding carboxylic acids is 1. The van der Waals surface area contributed by atoms with Gasteiger partial charge < -0.3 is 9.57 Å². The van der Waals surface area contributed by atoms with Crippen LogP contribution in [0.5, 0.6) is 5.75 Å². The number of hydrogen-bond donors (Lipinski definition) is 2. The summed E-state index contributed by atoms with van der Waals surface area (Å²) in [5.41, 5.74) is 8.55. The third-order valence-electron chi connectivity index (χ3n) is 8.65. The lowest BCUT2D eigenvalue weighted by atomic mass is 9.94. The van der Waals surface area contributed by atoms with Gasteiger partial charge in [-0.15, -0.1) is 5.48 Å². The lowest BCUT2D eigenvalue weighted by molar-refractivity contribution is -0.0582. The van der Waals surface area contributed by atoms with E-state index in [1.807, 2.05) is 67.6 Å². The molecule has 3 aromatic carbocycles. The third-order valence-corrected chi connectivity index (χ3v) is 8.65. The van der Waals surface area contributed by atoms with E-state index in [0.717, 1.165) is 34.4 Å². The van der Waals surface area contributed by atoms with Crippen LogP contribution in [0.4, 0.5) is 13.6 Å². The number of benzene rings is 3. The molecule has 1 saturated carbocycles. The predicted molar refractivity (Wildman–Crippen MR) is 171 cm³/mol. The predicted octanol–water partition coefficient (Wildman–Crippen LogP) is 7.20. The lowest BCUT2D eigenvalue weighted by Crippen LogP contribution is -2.30. The molecule has 240 valence electrons. The first-order valence-electron chi connectivity index (χ1n) is 15.9. The van der Waals surface area contributed by atoms with Gasteiger partial charge >= 0.3 is 6.09 Å². The highest BCUT2D eigenvalue weighted by Crippen LogP contribution is 2.35. The molecule has 10 heteroatoms. The molecular formula is C36H38F2N4O4. The summed E-state index contributed by atoms with van der Waals surface area (Å²) in [5.74, 6) is -1.32. The van der Waals surface area contributed by atoms with E-state index in [-0.39, 0.29) is 24.5 Å². The van der Waals surface area contributed by atoms with Crippen molar-refractivity contribution in [1.29, 1.82) is 0 Å². The fourth-order valence-electron chi connectivity index (χ4n) is 6.22. The number of carbonyl (C=O) groups is 1. The van der Waals surface area contributed by atoms with Crippen molar-refractivity contribution < 1.29 is 23.1 Å². The Morgan fingerprint density at radius 2 is 1.70 bits per heavy atom. The SMILES string of the molecule is CCCc1nc(CC)n(-c2ccc(OC3CCC(F)(F)CC3)cc2)c(=O)c1Cc1ccc(-c2ccccc2C2NOC(=O)N2)cc1. The van der Waals surface area contributed by atoms with Crippen molar-refractivity contribution >= 4 is 6.09 Å². The van der Waals surface area contributed by atoms with Gasteiger partial charge in [0.25, 0.3) is 5.56 Å². The summed E-state index contributed by atoms with van der Waals surface area (Å²) in [6.45, 7) is 4.06. The molecule has 0 spiro atoms. The highest BCUT2D eigenvalue weighted by Gasteiger charge is 2.35. The molecule has 2 fully saturated rings. The molecule has 0 radical (unpaired) electrons. The first-order valence-corrected chi connectivity index (χ1v) is 15.9. The number of aryl methyl sites for hydroxylation is 2. The zero-order chi connectivity index (χ0) is 32.3. The summed E-state index contributed by atoms with van der Waals surface area (Å²) in [4.78, 5) is 35.6. The van der Waals surface area contributed by atoms with Gasteiger partial charge in [-0.1, -0.05) is 68.8 Å². The number of ether oxygens (including phenoxy) is 1. The van der Waals surface area contributed by atoms with Crippen LogP contribution < -0.4 is 21.1 Å². The van der Waals surface area contributed by atoms with Gasteiger partial charge in [-0.2, -0.15) is 0 Å². The van der Waals surface area contributed by atoms with Crippen molar-refractivity contribution in [1.82, 2.24) is 20.3 Å². The smallest absolute Gasteiger partial charge is 0.427 e. The molecule has 0 bridgehead atoms. The minimum Gasteiger partial charge on any atom is -0.490 e. The van der Waals surface area contributed by atoms with Gasteiger partial charge in [0.2, 0.25) is 5.92 Å². The Kier molecular flexibility index (Phi) is 9.17. The molecule has 1 aromatic heterocycles. The fraction of sp³-hybridized carbons (Fsp3) is 0.361. The summed E-state index contributed by atoms with van der Waals surface area (Å²) in [7, 11) is 0. The van der Waals surface area contributed by atoms with E-state index >= 15 is 0 Å². The maximum Gasteiger partial charge on any atom is 0.427 e. The van der Waals surface area contributed by atoms with Gasteiger partial charge in [0.1, 0.15) is 17.7 Å². The number of halogens is 2. The molecule has 1 amide bonds. The van der Waals surface area contributed by atoms with Crippen molar-refractivity contribution in [2.24, 2.45) is 0 Å². The number of nitrogens with one attached hydrogen (secondary N) is 2. The Labute approximate surface area is 266 Å². The van der Waals surface area contributed by atoms with Crippen LogP contribution in [0.1, 0.15) is 80.3 Å². The average Bonchev–Trinajstić information content (AvgIpc) is 3.50. The zero-order valence-corrected chi connectivity index (χ0v) is 26.0. The van der Waals surface area contributed by atoms with Gasteiger partial charge in [0.15, 0.2) is 0 Å². The molecule has 1 saturated heterocycles. The second-order valence-electron chi connectivity index (χ2n) is 11.9. The molecule has 1 aliphatic carbocycles. The molecule has 2 aliphatic rings. The number of nitrogens with zero attached hydrogens (tertiary/aromatic N) is 2. The molecule has 1 atom stereocenters. The quantitative estimate of drug-likeness (QED) is 0.193. The summed E-state index contributed by atoms with van der Waals surface area (Å²) < 4.78 is 34.8. The Bertz CT molecular complexity index is 1750. The average molecular weight is 629 g/mol. The molecule has 1 unspecified atom stereocenters. The molecule has 2 heterocycles. The first kappa shape index (κ1) is 31.4. The lowest BCUT2D eigenvalue weighted by Gasteiger charge is -2.28. The van der Waals surface area contributed by atoms with E-state index in [1.54, 1.807) is 16.7 Å². The van der Waals surface area contributed by atoms with Crippen molar-refractivity contribution in [3.63, 3.8) is 0 Å². The number of amides is 1. The van der Waals surface area contributed by atoms with Crippen LogP contribution in [0.3, 0.4) is 0 Å². The van der Waals surface area contributed by atoms with Gasteiger partial charge in [-0.3, -0.25) is 14.7 Å². The highest BCUT2D eigenvalue weighted by molar-refractivity contribution is 5.73.